The molecule has 7 heteroatoms. The lowest BCUT2D eigenvalue weighted by Crippen LogP contribution is -2.38. The molecule has 0 radical (unpaired) electrons. The van der Waals surface area contributed by atoms with E-state index in [1.165, 1.54) is 4.31 Å². The average molecular weight is 354 g/mol. The van der Waals surface area contributed by atoms with E-state index >= 15 is 0 Å². The molecule has 0 saturated carbocycles. The summed E-state index contributed by atoms with van der Waals surface area (Å²) in [5.74, 6) is 0.140. The first-order valence-corrected chi connectivity index (χ1v) is 10.1. The van der Waals surface area contributed by atoms with E-state index in [1.807, 2.05) is 30.3 Å². The molecule has 1 saturated heterocycles. The fourth-order valence-corrected chi connectivity index (χ4v) is 4.34. The molecular formula is C17H26N2O4S. The standard InChI is InChI=1S/C17H26N2O4S/c1-2-23-17(20)18-11-7-12-19(14-13-18)24(21,22)15-6-10-16-8-4-3-5-9-16/h3-5,8-9H,2,6-7,10-15H2,1H3. The van der Waals surface area contributed by atoms with Gasteiger partial charge >= 0.3 is 6.09 Å². The monoisotopic (exact) mass is 354 g/mol. The summed E-state index contributed by atoms with van der Waals surface area (Å²) in [5.41, 5.74) is 1.15. The minimum atomic E-state index is -3.28. The van der Waals surface area contributed by atoms with Crippen LogP contribution in [0.1, 0.15) is 25.3 Å². The quantitative estimate of drug-likeness (QED) is 0.785. The lowest BCUT2D eigenvalue weighted by Gasteiger charge is -2.21. The van der Waals surface area contributed by atoms with Crippen LogP contribution in [0, 0.1) is 0 Å². The Hall–Kier alpha value is -1.60. The van der Waals surface area contributed by atoms with E-state index in [4.69, 9.17) is 4.74 Å². The van der Waals surface area contributed by atoms with E-state index in [1.54, 1.807) is 11.8 Å². The molecule has 2 rings (SSSR count). The maximum absolute atomic E-state index is 12.5. The van der Waals surface area contributed by atoms with Gasteiger partial charge in [-0.15, -0.1) is 0 Å². The molecule has 0 N–H and O–H groups in total. The third-order valence-corrected chi connectivity index (χ3v) is 6.04. The van der Waals surface area contributed by atoms with Gasteiger partial charge in [-0.3, -0.25) is 0 Å². The molecule has 1 fully saturated rings. The Balaban J connectivity index is 1.84. The van der Waals surface area contributed by atoms with Gasteiger partial charge in [-0.05, 0) is 31.7 Å². The van der Waals surface area contributed by atoms with Crippen LogP contribution >= 0.6 is 0 Å². The second-order valence-corrected chi connectivity index (χ2v) is 7.93. The largest absolute Gasteiger partial charge is 0.450 e. The first-order valence-electron chi connectivity index (χ1n) is 8.46. The zero-order chi connectivity index (χ0) is 17.4. The van der Waals surface area contributed by atoms with Crippen molar-refractivity contribution in [3.8, 4) is 0 Å². The molecule has 0 spiro atoms. The van der Waals surface area contributed by atoms with Crippen LogP contribution in [0.15, 0.2) is 30.3 Å². The third-order valence-electron chi connectivity index (χ3n) is 4.08. The summed E-state index contributed by atoms with van der Waals surface area (Å²) in [5, 5.41) is 0. The summed E-state index contributed by atoms with van der Waals surface area (Å²) >= 11 is 0. The molecule has 1 aliphatic heterocycles. The molecule has 0 aliphatic carbocycles. The van der Waals surface area contributed by atoms with Crippen molar-refractivity contribution in [2.24, 2.45) is 0 Å². The summed E-state index contributed by atoms with van der Waals surface area (Å²) in [4.78, 5) is 13.4. The molecule has 24 heavy (non-hydrogen) atoms. The molecule has 0 aromatic heterocycles. The number of nitrogens with zero attached hydrogens (tertiary/aromatic N) is 2. The first kappa shape index (κ1) is 18.7. The van der Waals surface area contributed by atoms with Crippen molar-refractivity contribution in [3.63, 3.8) is 0 Å². The van der Waals surface area contributed by atoms with Gasteiger partial charge in [0.15, 0.2) is 0 Å². The minimum absolute atomic E-state index is 0.140. The summed E-state index contributed by atoms with van der Waals surface area (Å²) < 4.78 is 31.5. The molecular weight excluding hydrogens is 328 g/mol. The molecule has 1 aliphatic rings. The van der Waals surface area contributed by atoms with E-state index in [-0.39, 0.29) is 11.8 Å². The molecule has 0 bridgehead atoms. The highest BCUT2D eigenvalue weighted by molar-refractivity contribution is 7.89. The molecule has 134 valence electrons. The maximum Gasteiger partial charge on any atom is 0.409 e. The van der Waals surface area contributed by atoms with Crippen LogP contribution in [-0.4, -0.2) is 62.3 Å². The number of ether oxygens (including phenoxy) is 1. The Morgan fingerprint density at radius 3 is 2.58 bits per heavy atom. The molecule has 0 unspecified atom stereocenters. The molecule has 1 heterocycles. The van der Waals surface area contributed by atoms with Crippen LogP contribution in [0.4, 0.5) is 4.79 Å². The van der Waals surface area contributed by atoms with Gasteiger partial charge < -0.3 is 9.64 Å². The van der Waals surface area contributed by atoms with Gasteiger partial charge in [-0.25, -0.2) is 17.5 Å². The van der Waals surface area contributed by atoms with Gasteiger partial charge in [0, 0.05) is 26.2 Å². The second kappa shape index (κ2) is 9.03. The Morgan fingerprint density at radius 1 is 1.12 bits per heavy atom. The van der Waals surface area contributed by atoms with Crippen molar-refractivity contribution in [2.45, 2.75) is 26.2 Å². The number of sulfonamides is 1. The Labute approximate surface area is 144 Å². The van der Waals surface area contributed by atoms with Crippen LogP contribution in [-0.2, 0) is 21.2 Å². The van der Waals surface area contributed by atoms with Gasteiger partial charge in [0.2, 0.25) is 10.0 Å². The van der Waals surface area contributed by atoms with E-state index in [2.05, 4.69) is 0 Å². The van der Waals surface area contributed by atoms with E-state index in [9.17, 15) is 13.2 Å². The highest BCUT2D eigenvalue weighted by atomic mass is 32.2. The maximum atomic E-state index is 12.5. The van der Waals surface area contributed by atoms with Gasteiger partial charge in [0.25, 0.3) is 0 Å². The third kappa shape index (κ3) is 5.49. The van der Waals surface area contributed by atoms with Gasteiger partial charge in [0.1, 0.15) is 0 Å². The van der Waals surface area contributed by atoms with Crippen molar-refractivity contribution in [3.05, 3.63) is 35.9 Å². The zero-order valence-electron chi connectivity index (χ0n) is 14.2. The predicted octanol–water partition coefficient (Wildman–Crippen LogP) is 2.11. The highest BCUT2D eigenvalue weighted by Crippen LogP contribution is 2.12. The summed E-state index contributed by atoms with van der Waals surface area (Å²) in [6.45, 7) is 3.82. The van der Waals surface area contributed by atoms with E-state index < -0.39 is 10.0 Å². The van der Waals surface area contributed by atoms with Crippen LogP contribution in [0.5, 0.6) is 0 Å². The SMILES string of the molecule is CCOC(=O)N1CCCN(S(=O)(=O)CCCc2ccccc2)CC1. The summed E-state index contributed by atoms with van der Waals surface area (Å²) in [6.07, 6.45) is 1.63. The average Bonchev–Trinajstić information content (AvgIpc) is 2.82. The smallest absolute Gasteiger partial charge is 0.409 e. The van der Waals surface area contributed by atoms with Crippen molar-refractivity contribution in [1.29, 1.82) is 0 Å². The normalized spacial score (nSPS) is 16.6. The fraction of sp³-hybridized carbons (Fsp3) is 0.588. The van der Waals surface area contributed by atoms with Crippen molar-refractivity contribution in [2.75, 3.05) is 38.5 Å². The minimum Gasteiger partial charge on any atom is -0.450 e. The number of benzene rings is 1. The number of carbonyl (C=O) groups is 1. The van der Waals surface area contributed by atoms with Crippen molar-refractivity contribution >= 4 is 16.1 Å². The van der Waals surface area contributed by atoms with Crippen LogP contribution in [0.3, 0.4) is 0 Å². The fourth-order valence-electron chi connectivity index (χ4n) is 2.80. The van der Waals surface area contributed by atoms with E-state index in [0.717, 1.165) is 12.0 Å². The number of amides is 1. The molecule has 1 aromatic rings. The molecule has 1 amide bonds. The number of aryl methyl sites for hydroxylation is 1. The predicted molar refractivity (Wildman–Crippen MR) is 93.3 cm³/mol. The van der Waals surface area contributed by atoms with Gasteiger partial charge in [-0.1, -0.05) is 30.3 Å². The van der Waals surface area contributed by atoms with Crippen LogP contribution in [0.25, 0.3) is 0 Å². The van der Waals surface area contributed by atoms with Crippen molar-refractivity contribution < 1.29 is 17.9 Å². The Kier molecular flexibility index (Phi) is 7.05. The van der Waals surface area contributed by atoms with Gasteiger partial charge in [-0.2, -0.15) is 0 Å². The van der Waals surface area contributed by atoms with Crippen LogP contribution in [0.2, 0.25) is 0 Å². The topological polar surface area (TPSA) is 66.9 Å². The number of rotatable bonds is 6. The number of carbonyl (C=O) groups excluding carboxylic acids is 1. The zero-order valence-corrected chi connectivity index (χ0v) is 15.0. The Bertz CT molecular complexity index is 619. The van der Waals surface area contributed by atoms with Gasteiger partial charge in [0.05, 0.1) is 12.4 Å². The molecule has 0 atom stereocenters. The molecule has 1 aromatic carbocycles. The number of hydrogen-bond acceptors (Lipinski definition) is 4. The molecule has 6 nitrogen and oxygen atoms in total. The second-order valence-electron chi connectivity index (χ2n) is 5.84. The summed E-state index contributed by atoms with van der Waals surface area (Å²) in [6, 6.07) is 9.89. The Morgan fingerprint density at radius 2 is 1.88 bits per heavy atom. The van der Waals surface area contributed by atoms with E-state index in [0.29, 0.717) is 45.6 Å². The first-order chi connectivity index (χ1) is 11.5. The lowest BCUT2D eigenvalue weighted by atomic mass is 10.1. The number of hydrogen-bond donors (Lipinski definition) is 0. The van der Waals surface area contributed by atoms with Crippen LogP contribution < -0.4 is 0 Å². The lowest BCUT2D eigenvalue weighted by molar-refractivity contribution is 0.109. The van der Waals surface area contributed by atoms with Crippen molar-refractivity contribution in [1.82, 2.24) is 9.21 Å². The highest BCUT2D eigenvalue weighted by Gasteiger charge is 2.26. The summed E-state index contributed by atoms with van der Waals surface area (Å²) in [7, 11) is -3.28.